The van der Waals surface area contributed by atoms with E-state index < -0.39 is 16.0 Å². The lowest BCUT2D eigenvalue weighted by atomic mass is 10.00. The summed E-state index contributed by atoms with van der Waals surface area (Å²) in [6, 6.07) is 0.925. The van der Waals surface area contributed by atoms with Crippen LogP contribution < -0.4 is 0 Å². The predicted molar refractivity (Wildman–Crippen MR) is 123 cm³/mol. The molecule has 0 radical (unpaired) electrons. The minimum absolute atomic E-state index is 0.168. The van der Waals surface area contributed by atoms with Gasteiger partial charge in [0.25, 0.3) is 0 Å². The second-order valence-electron chi connectivity index (χ2n) is 9.03. The summed E-state index contributed by atoms with van der Waals surface area (Å²) in [5.41, 5.74) is 0.168. The van der Waals surface area contributed by atoms with Gasteiger partial charge in [0.15, 0.2) is 0 Å². The van der Waals surface area contributed by atoms with E-state index in [-0.39, 0.29) is 5.41 Å². The molecular weight excluding hydrogens is 376 g/mol. The van der Waals surface area contributed by atoms with E-state index in [4.69, 9.17) is 13.3 Å². The van der Waals surface area contributed by atoms with Crippen molar-refractivity contribution >= 4 is 27.2 Å². The van der Waals surface area contributed by atoms with Gasteiger partial charge in [0, 0.05) is 25.9 Å². The maximum absolute atomic E-state index is 6.43. The lowest BCUT2D eigenvalue weighted by Crippen LogP contribution is -2.50. The van der Waals surface area contributed by atoms with Crippen molar-refractivity contribution < 1.29 is 13.3 Å². The van der Waals surface area contributed by atoms with E-state index in [0.717, 1.165) is 70.1 Å². The van der Waals surface area contributed by atoms with Crippen LogP contribution in [-0.4, -0.2) is 41.6 Å². The van der Waals surface area contributed by atoms with E-state index >= 15 is 0 Å². The molecule has 0 rings (SSSR count). The van der Waals surface area contributed by atoms with Crippen LogP contribution in [0.3, 0.4) is 0 Å². The molecule has 158 valence electrons. The topological polar surface area (TPSA) is 27.7 Å². The third kappa shape index (κ3) is 13.8. The first-order valence-corrected chi connectivity index (χ1v) is 17.8. The summed E-state index contributed by atoms with van der Waals surface area (Å²) < 4.78 is 19.3. The summed E-state index contributed by atoms with van der Waals surface area (Å²) in [5.74, 6) is 1.16. The second kappa shape index (κ2) is 13.8. The summed E-state index contributed by atoms with van der Waals surface area (Å²) in [6.45, 7) is 20.9. The van der Waals surface area contributed by atoms with Gasteiger partial charge in [0.2, 0.25) is 0 Å². The Morgan fingerprint density at radius 1 is 0.731 bits per heavy atom. The van der Waals surface area contributed by atoms with Crippen molar-refractivity contribution in [3.63, 3.8) is 0 Å². The Kier molecular flexibility index (Phi) is 14.1. The lowest BCUT2D eigenvalue weighted by molar-refractivity contribution is 0.0491. The van der Waals surface area contributed by atoms with E-state index in [9.17, 15) is 0 Å². The third-order valence-electron chi connectivity index (χ3n) is 4.05. The monoisotopic (exact) mass is 422 g/mol. The zero-order chi connectivity index (χ0) is 20.1. The molecule has 0 atom stereocenters. The minimum Gasteiger partial charge on any atom is -0.373 e. The Balaban J connectivity index is 5.16. The van der Waals surface area contributed by atoms with Crippen LogP contribution in [0.25, 0.3) is 0 Å². The van der Waals surface area contributed by atoms with Crippen LogP contribution in [-0.2, 0) is 13.3 Å². The predicted octanol–water partition coefficient (Wildman–Crippen LogP) is 6.97. The summed E-state index contributed by atoms with van der Waals surface area (Å²) in [4.78, 5) is 0. The molecule has 0 aromatic carbocycles. The largest absolute Gasteiger partial charge is 0.501 e. The highest BCUT2D eigenvalue weighted by Crippen LogP contribution is 2.37. The van der Waals surface area contributed by atoms with Crippen molar-refractivity contribution in [2.45, 2.75) is 98.8 Å². The van der Waals surface area contributed by atoms with Gasteiger partial charge in [-0.3, -0.25) is 0 Å². The van der Waals surface area contributed by atoms with Crippen LogP contribution in [0.15, 0.2) is 0 Å². The van der Waals surface area contributed by atoms with Gasteiger partial charge >= 0.3 is 8.80 Å². The van der Waals surface area contributed by atoms with Gasteiger partial charge in [0.05, 0.1) is 0 Å². The smallest absolute Gasteiger partial charge is 0.373 e. The van der Waals surface area contributed by atoms with Crippen molar-refractivity contribution in [1.29, 1.82) is 0 Å². The number of hydrogen-bond donors (Lipinski definition) is 0. The lowest BCUT2D eigenvalue weighted by Gasteiger charge is -2.37. The molecule has 0 amide bonds. The van der Waals surface area contributed by atoms with E-state index in [0.29, 0.717) is 0 Å². The fraction of sp³-hybridized carbons (Fsp3) is 1.00. The molecule has 0 aromatic rings. The van der Waals surface area contributed by atoms with Crippen LogP contribution in [0, 0.1) is 5.41 Å². The Morgan fingerprint density at radius 2 is 1.12 bits per heavy atom. The summed E-state index contributed by atoms with van der Waals surface area (Å²) in [5, 5.41) is 0. The molecule has 0 spiro atoms. The maximum atomic E-state index is 6.43. The molecule has 6 heteroatoms. The van der Waals surface area contributed by atoms with Gasteiger partial charge in [-0.1, -0.05) is 73.5 Å². The van der Waals surface area contributed by atoms with E-state index in [1.807, 2.05) is 0 Å². The van der Waals surface area contributed by atoms with Crippen molar-refractivity contribution in [2.75, 3.05) is 25.6 Å². The fourth-order valence-electron chi connectivity index (χ4n) is 2.44. The van der Waals surface area contributed by atoms with Crippen LogP contribution in [0.4, 0.5) is 0 Å². The SMILES string of the molecule is CCCCO[Si](CC(C)(C)CS[Si](C)(C)C)(OCCCC)OCCCC. The normalized spacial score (nSPS) is 13.4. The molecule has 0 aliphatic heterocycles. The zero-order valence-electron chi connectivity index (χ0n) is 18.9. The fourth-order valence-corrected chi connectivity index (χ4v) is 9.24. The van der Waals surface area contributed by atoms with E-state index in [1.54, 1.807) is 0 Å². The number of hydrogen-bond acceptors (Lipinski definition) is 4. The van der Waals surface area contributed by atoms with Gasteiger partial charge in [-0.2, -0.15) is 11.2 Å². The molecule has 26 heavy (non-hydrogen) atoms. The molecule has 0 bridgehead atoms. The molecule has 0 heterocycles. The van der Waals surface area contributed by atoms with Gasteiger partial charge in [-0.05, 0) is 30.4 Å². The van der Waals surface area contributed by atoms with Crippen LogP contribution in [0.5, 0.6) is 0 Å². The van der Waals surface area contributed by atoms with Crippen LogP contribution >= 0.6 is 11.2 Å². The number of rotatable bonds is 17. The van der Waals surface area contributed by atoms with Crippen LogP contribution in [0.1, 0.15) is 73.1 Å². The zero-order valence-corrected chi connectivity index (χ0v) is 21.7. The molecular formula is C20H46O3SSi2. The molecule has 0 unspecified atom stereocenters. The first-order chi connectivity index (χ1) is 12.1. The van der Waals surface area contributed by atoms with Gasteiger partial charge < -0.3 is 13.3 Å². The highest BCUT2D eigenvalue weighted by molar-refractivity contribution is 8.28. The van der Waals surface area contributed by atoms with Gasteiger partial charge in [-0.15, -0.1) is 0 Å². The maximum Gasteiger partial charge on any atom is 0.501 e. The Labute approximate surface area is 170 Å². The second-order valence-corrected chi connectivity index (χ2v) is 21.0. The average Bonchev–Trinajstić information content (AvgIpc) is 2.53. The summed E-state index contributed by atoms with van der Waals surface area (Å²) in [6.07, 6.45) is 6.66. The minimum atomic E-state index is -2.64. The van der Waals surface area contributed by atoms with Crippen molar-refractivity contribution in [1.82, 2.24) is 0 Å². The molecule has 0 aromatic heterocycles. The van der Waals surface area contributed by atoms with Gasteiger partial charge in [-0.25, -0.2) is 0 Å². The average molecular weight is 423 g/mol. The van der Waals surface area contributed by atoms with E-state index in [2.05, 4.69) is 65.5 Å². The molecule has 0 aliphatic rings. The van der Waals surface area contributed by atoms with Crippen molar-refractivity contribution in [3.8, 4) is 0 Å². The molecule has 0 fully saturated rings. The first kappa shape index (κ1) is 26.7. The Bertz CT molecular complexity index is 320. The summed E-state index contributed by atoms with van der Waals surface area (Å²) in [7, 11) is -3.76. The first-order valence-electron chi connectivity index (χ1n) is 10.7. The Hall–Kier alpha value is 0.664. The third-order valence-corrected chi connectivity index (χ3v) is 12.2. The van der Waals surface area contributed by atoms with Crippen LogP contribution in [0.2, 0.25) is 25.7 Å². The highest BCUT2D eigenvalue weighted by atomic mass is 32.4. The molecule has 0 saturated heterocycles. The van der Waals surface area contributed by atoms with Crippen molar-refractivity contribution in [2.24, 2.45) is 5.41 Å². The molecule has 0 N–H and O–H groups in total. The molecule has 3 nitrogen and oxygen atoms in total. The van der Waals surface area contributed by atoms with Crippen molar-refractivity contribution in [3.05, 3.63) is 0 Å². The highest BCUT2D eigenvalue weighted by Gasteiger charge is 2.46. The molecule has 0 aliphatic carbocycles. The van der Waals surface area contributed by atoms with E-state index in [1.165, 1.54) is 0 Å². The Morgan fingerprint density at radius 3 is 1.42 bits per heavy atom. The summed E-state index contributed by atoms with van der Waals surface area (Å²) >= 11 is 2.16. The number of unbranched alkanes of at least 4 members (excludes halogenated alkanes) is 3. The molecule has 0 saturated carbocycles. The standard InChI is InChI=1S/C20H46O3SSi2/c1-9-12-15-21-26(22-16-13-10-2,23-17-14-11-3)19-20(4,5)18-24-25(6,7)8/h9-19H2,1-8H3. The van der Waals surface area contributed by atoms with Gasteiger partial charge in [0.1, 0.15) is 7.22 Å². The quantitative estimate of drug-likeness (QED) is 0.187.